The van der Waals surface area contributed by atoms with E-state index in [0.29, 0.717) is 35.7 Å². The molecule has 2 aromatic rings. The normalized spacial score (nSPS) is 13.2. The summed E-state index contributed by atoms with van der Waals surface area (Å²) in [6, 6.07) is 12.5. The lowest BCUT2D eigenvalue weighted by Crippen LogP contribution is -2.30. The SMILES string of the molecule is COCCNC(=O)c1cc(NC(=O)c2ccccc2OC)ccc1N1CCCC1. The molecular formula is C22H27N3O4. The minimum absolute atomic E-state index is 0.183. The Hall–Kier alpha value is -3.06. The van der Waals surface area contributed by atoms with Crippen molar-refractivity contribution in [2.45, 2.75) is 12.8 Å². The standard InChI is InChI=1S/C22H27N3O4/c1-28-14-11-23-21(26)18-15-16(9-10-19(18)25-12-5-6-13-25)24-22(27)17-7-3-4-8-20(17)29-2/h3-4,7-10,15H,5-6,11-14H2,1-2H3,(H,23,26)(H,24,27). The molecule has 0 unspecified atom stereocenters. The Morgan fingerprint density at radius 1 is 1.00 bits per heavy atom. The van der Waals surface area contributed by atoms with Crippen LogP contribution in [0.15, 0.2) is 42.5 Å². The van der Waals surface area contributed by atoms with Gasteiger partial charge in [0.25, 0.3) is 11.8 Å². The third-order valence-corrected chi connectivity index (χ3v) is 4.89. The van der Waals surface area contributed by atoms with E-state index in [2.05, 4.69) is 15.5 Å². The van der Waals surface area contributed by atoms with E-state index in [1.54, 1.807) is 31.4 Å². The van der Waals surface area contributed by atoms with Crippen molar-refractivity contribution in [2.75, 3.05) is 50.7 Å². The van der Waals surface area contributed by atoms with Gasteiger partial charge in [-0.15, -0.1) is 0 Å². The minimum atomic E-state index is -0.290. The molecule has 3 rings (SSSR count). The number of para-hydroxylation sites is 1. The molecule has 1 saturated heterocycles. The molecule has 0 radical (unpaired) electrons. The number of ether oxygens (including phenoxy) is 2. The Morgan fingerprint density at radius 2 is 1.76 bits per heavy atom. The van der Waals surface area contributed by atoms with Crippen LogP contribution in [0.1, 0.15) is 33.6 Å². The zero-order valence-corrected chi connectivity index (χ0v) is 16.9. The van der Waals surface area contributed by atoms with Crippen LogP contribution in [0.4, 0.5) is 11.4 Å². The molecule has 7 nitrogen and oxygen atoms in total. The molecule has 29 heavy (non-hydrogen) atoms. The van der Waals surface area contributed by atoms with Crippen LogP contribution in [0.25, 0.3) is 0 Å². The Balaban J connectivity index is 1.84. The van der Waals surface area contributed by atoms with Gasteiger partial charge in [-0.25, -0.2) is 0 Å². The molecule has 2 amide bonds. The second-order valence-electron chi connectivity index (χ2n) is 6.83. The molecule has 1 aliphatic rings. The number of hydrogen-bond donors (Lipinski definition) is 2. The summed E-state index contributed by atoms with van der Waals surface area (Å²) in [5.74, 6) is 0.0238. The van der Waals surface area contributed by atoms with Crippen molar-refractivity contribution >= 4 is 23.2 Å². The van der Waals surface area contributed by atoms with Gasteiger partial charge in [-0.2, -0.15) is 0 Å². The van der Waals surface area contributed by atoms with E-state index in [-0.39, 0.29) is 11.8 Å². The van der Waals surface area contributed by atoms with E-state index in [1.165, 1.54) is 7.11 Å². The van der Waals surface area contributed by atoms with Crippen LogP contribution in [-0.4, -0.2) is 52.3 Å². The minimum Gasteiger partial charge on any atom is -0.496 e. The largest absolute Gasteiger partial charge is 0.496 e. The van der Waals surface area contributed by atoms with Crippen molar-refractivity contribution in [2.24, 2.45) is 0 Å². The first kappa shape index (κ1) is 20.7. The average molecular weight is 397 g/mol. The summed E-state index contributed by atoms with van der Waals surface area (Å²) in [5, 5.41) is 5.74. The van der Waals surface area contributed by atoms with E-state index in [4.69, 9.17) is 9.47 Å². The number of hydrogen-bond acceptors (Lipinski definition) is 5. The van der Waals surface area contributed by atoms with Crippen molar-refractivity contribution < 1.29 is 19.1 Å². The van der Waals surface area contributed by atoms with Crippen molar-refractivity contribution in [1.82, 2.24) is 5.32 Å². The summed E-state index contributed by atoms with van der Waals surface area (Å²) in [4.78, 5) is 27.7. The molecule has 154 valence electrons. The van der Waals surface area contributed by atoms with Gasteiger partial charge in [-0.3, -0.25) is 9.59 Å². The van der Waals surface area contributed by atoms with Crippen LogP contribution in [0.2, 0.25) is 0 Å². The lowest BCUT2D eigenvalue weighted by atomic mass is 10.1. The fourth-order valence-electron chi connectivity index (χ4n) is 3.42. The molecule has 1 heterocycles. The van der Waals surface area contributed by atoms with Crippen LogP contribution in [0, 0.1) is 0 Å². The maximum Gasteiger partial charge on any atom is 0.259 e. The summed E-state index contributed by atoms with van der Waals surface area (Å²) in [5.41, 5.74) is 2.42. The summed E-state index contributed by atoms with van der Waals surface area (Å²) in [7, 11) is 3.12. The molecule has 2 aromatic carbocycles. The number of benzene rings is 2. The Bertz CT molecular complexity index is 863. The van der Waals surface area contributed by atoms with Crippen molar-refractivity contribution in [3.8, 4) is 5.75 Å². The maximum absolute atomic E-state index is 12.8. The lowest BCUT2D eigenvalue weighted by Gasteiger charge is -2.22. The number of nitrogens with zero attached hydrogens (tertiary/aromatic N) is 1. The van der Waals surface area contributed by atoms with Gasteiger partial charge in [0.2, 0.25) is 0 Å². The van der Waals surface area contributed by atoms with Gasteiger partial charge in [0, 0.05) is 38.1 Å². The summed E-state index contributed by atoms with van der Waals surface area (Å²) < 4.78 is 10.3. The average Bonchev–Trinajstić information content (AvgIpc) is 3.28. The lowest BCUT2D eigenvalue weighted by molar-refractivity contribution is 0.0936. The number of amides is 2. The summed E-state index contributed by atoms with van der Waals surface area (Å²) in [6.07, 6.45) is 2.22. The highest BCUT2D eigenvalue weighted by molar-refractivity contribution is 6.07. The summed E-state index contributed by atoms with van der Waals surface area (Å²) >= 11 is 0. The van der Waals surface area contributed by atoms with Crippen LogP contribution in [0.5, 0.6) is 5.75 Å². The number of nitrogens with one attached hydrogen (secondary N) is 2. The van der Waals surface area contributed by atoms with Crippen molar-refractivity contribution in [3.05, 3.63) is 53.6 Å². The van der Waals surface area contributed by atoms with Crippen LogP contribution >= 0.6 is 0 Å². The number of methoxy groups -OCH3 is 2. The predicted molar refractivity (Wildman–Crippen MR) is 113 cm³/mol. The molecule has 1 fully saturated rings. The molecule has 0 saturated carbocycles. The first-order valence-electron chi connectivity index (χ1n) is 9.74. The van der Waals surface area contributed by atoms with Gasteiger partial charge >= 0.3 is 0 Å². The number of carbonyl (C=O) groups excluding carboxylic acids is 2. The Morgan fingerprint density at radius 3 is 2.48 bits per heavy atom. The van der Waals surface area contributed by atoms with Crippen molar-refractivity contribution in [1.29, 1.82) is 0 Å². The van der Waals surface area contributed by atoms with Gasteiger partial charge in [-0.05, 0) is 43.2 Å². The first-order chi connectivity index (χ1) is 14.1. The van der Waals surface area contributed by atoms with Gasteiger partial charge in [0.15, 0.2) is 0 Å². The fraction of sp³-hybridized carbons (Fsp3) is 0.364. The fourth-order valence-corrected chi connectivity index (χ4v) is 3.42. The summed E-state index contributed by atoms with van der Waals surface area (Å²) in [6.45, 7) is 2.71. The monoisotopic (exact) mass is 397 g/mol. The molecule has 0 atom stereocenters. The molecule has 0 spiro atoms. The third-order valence-electron chi connectivity index (χ3n) is 4.89. The highest BCUT2D eigenvalue weighted by atomic mass is 16.5. The van der Waals surface area contributed by atoms with Gasteiger partial charge in [-0.1, -0.05) is 12.1 Å². The van der Waals surface area contributed by atoms with Crippen LogP contribution in [0.3, 0.4) is 0 Å². The Kier molecular flexibility index (Phi) is 7.08. The van der Waals surface area contributed by atoms with Crippen LogP contribution < -0.4 is 20.3 Å². The van der Waals surface area contributed by atoms with Crippen molar-refractivity contribution in [3.63, 3.8) is 0 Å². The topological polar surface area (TPSA) is 79.9 Å². The number of anilines is 2. The highest BCUT2D eigenvalue weighted by Crippen LogP contribution is 2.28. The number of carbonyl (C=O) groups is 2. The molecule has 0 aromatic heterocycles. The molecule has 7 heteroatoms. The Labute approximate surface area is 171 Å². The molecular weight excluding hydrogens is 370 g/mol. The van der Waals surface area contributed by atoms with E-state index < -0.39 is 0 Å². The molecule has 1 aliphatic heterocycles. The zero-order chi connectivity index (χ0) is 20.6. The van der Waals surface area contributed by atoms with E-state index in [0.717, 1.165) is 31.6 Å². The highest BCUT2D eigenvalue weighted by Gasteiger charge is 2.21. The van der Waals surface area contributed by atoms with E-state index >= 15 is 0 Å². The quantitative estimate of drug-likeness (QED) is 0.670. The second-order valence-corrected chi connectivity index (χ2v) is 6.83. The molecule has 0 aliphatic carbocycles. The molecule has 2 N–H and O–H groups in total. The van der Waals surface area contributed by atoms with E-state index in [1.807, 2.05) is 18.2 Å². The predicted octanol–water partition coefficient (Wildman–Crippen LogP) is 2.92. The van der Waals surface area contributed by atoms with Gasteiger partial charge in [0.1, 0.15) is 5.75 Å². The second kappa shape index (κ2) is 9.93. The maximum atomic E-state index is 12.8. The third kappa shape index (κ3) is 5.06. The zero-order valence-electron chi connectivity index (χ0n) is 16.9. The van der Waals surface area contributed by atoms with Gasteiger partial charge in [0.05, 0.1) is 24.8 Å². The molecule has 0 bridgehead atoms. The smallest absolute Gasteiger partial charge is 0.259 e. The van der Waals surface area contributed by atoms with Gasteiger partial charge < -0.3 is 25.0 Å². The van der Waals surface area contributed by atoms with E-state index in [9.17, 15) is 9.59 Å². The first-order valence-corrected chi connectivity index (χ1v) is 9.74. The van der Waals surface area contributed by atoms with Crippen LogP contribution in [-0.2, 0) is 4.74 Å². The number of rotatable bonds is 8.